The van der Waals surface area contributed by atoms with Crippen molar-refractivity contribution in [3.05, 3.63) is 77.1 Å². The van der Waals surface area contributed by atoms with Crippen molar-refractivity contribution >= 4 is 28.9 Å². The summed E-state index contributed by atoms with van der Waals surface area (Å²) < 4.78 is 26.8. The molecule has 0 amide bonds. The number of rotatable bonds is 6. The second-order valence-corrected chi connectivity index (χ2v) is 5.72. The standard InChI is InChI=1S/C18H15ClF2N4/c19-14-9-13(5-6-16(14)21)25-18-10-17(23-11-24-18)22-8-7-12-3-1-2-4-15(12)20/h1-6,9-11H,7-8H2,(H2,22,23,24,25). The molecule has 7 heteroatoms. The van der Waals surface area contributed by atoms with Crippen molar-refractivity contribution in [1.82, 2.24) is 9.97 Å². The molecule has 1 aromatic heterocycles. The van der Waals surface area contributed by atoms with Gasteiger partial charge in [0.25, 0.3) is 0 Å². The van der Waals surface area contributed by atoms with Crippen LogP contribution in [0.2, 0.25) is 5.02 Å². The Hall–Kier alpha value is -2.73. The van der Waals surface area contributed by atoms with Crippen molar-refractivity contribution in [3.63, 3.8) is 0 Å². The van der Waals surface area contributed by atoms with Crippen LogP contribution in [0.4, 0.5) is 26.1 Å². The van der Waals surface area contributed by atoms with Crippen molar-refractivity contribution < 1.29 is 8.78 Å². The maximum absolute atomic E-state index is 13.6. The average Bonchev–Trinajstić information content (AvgIpc) is 2.60. The Morgan fingerprint density at radius 2 is 1.72 bits per heavy atom. The molecule has 25 heavy (non-hydrogen) atoms. The van der Waals surface area contributed by atoms with E-state index in [9.17, 15) is 8.78 Å². The summed E-state index contributed by atoms with van der Waals surface area (Å²) >= 11 is 5.76. The molecule has 0 aliphatic carbocycles. The van der Waals surface area contributed by atoms with Gasteiger partial charge in [-0.25, -0.2) is 18.7 Å². The zero-order chi connectivity index (χ0) is 17.6. The summed E-state index contributed by atoms with van der Waals surface area (Å²) in [7, 11) is 0. The van der Waals surface area contributed by atoms with Crippen molar-refractivity contribution in [1.29, 1.82) is 0 Å². The Bertz CT molecular complexity index is 873. The van der Waals surface area contributed by atoms with Gasteiger partial charge in [-0.2, -0.15) is 0 Å². The van der Waals surface area contributed by atoms with Gasteiger partial charge in [-0.3, -0.25) is 0 Å². The highest BCUT2D eigenvalue weighted by atomic mass is 35.5. The van der Waals surface area contributed by atoms with E-state index in [0.29, 0.717) is 35.9 Å². The van der Waals surface area contributed by atoms with E-state index >= 15 is 0 Å². The molecule has 0 unspecified atom stereocenters. The highest BCUT2D eigenvalue weighted by Crippen LogP contribution is 2.22. The van der Waals surface area contributed by atoms with Gasteiger partial charge in [-0.05, 0) is 36.2 Å². The minimum atomic E-state index is -0.481. The monoisotopic (exact) mass is 360 g/mol. The van der Waals surface area contributed by atoms with Gasteiger partial charge in [-0.15, -0.1) is 0 Å². The van der Waals surface area contributed by atoms with Crippen LogP contribution in [0, 0.1) is 11.6 Å². The lowest BCUT2D eigenvalue weighted by Gasteiger charge is -2.09. The number of aromatic nitrogens is 2. The number of nitrogens with one attached hydrogen (secondary N) is 2. The number of nitrogens with zero attached hydrogens (tertiary/aromatic N) is 2. The zero-order valence-corrected chi connectivity index (χ0v) is 13.9. The molecule has 4 nitrogen and oxygen atoms in total. The summed E-state index contributed by atoms with van der Waals surface area (Å²) in [5.41, 5.74) is 1.26. The molecule has 2 aromatic carbocycles. The van der Waals surface area contributed by atoms with Gasteiger partial charge >= 0.3 is 0 Å². The molecule has 3 aromatic rings. The minimum Gasteiger partial charge on any atom is -0.370 e. The van der Waals surface area contributed by atoms with Gasteiger partial charge in [-0.1, -0.05) is 29.8 Å². The Labute approximate surface area is 148 Å². The Balaban J connectivity index is 1.61. The lowest BCUT2D eigenvalue weighted by atomic mass is 10.1. The largest absolute Gasteiger partial charge is 0.370 e. The Kier molecular flexibility index (Phi) is 5.40. The zero-order valence-electron chi connectivity index (χ0n) is 13.1. The van der Waals surface area contributed by atoms with Crippen molar-refractivity contribution in [2.45, 2.75) is 6.42 Å². The Morgan fingerprint density at radius 1 is 0.920 bits per heavy atom. The third kappa shape index (κ3) is 4.64. The van der Waals surface area contributed by atoms with E-state index in [1.165, 1.54) is 24.5 Å². The van der Waals surface area contributed by atoms with Crippen LogP contribution in [-0.4, -0.2) is 16.5 Å². The quantitative estimate of drug-likeness (QED) is 0.662. The molecule has 0 saturated heterocycles. The molecule has 0 radical (unpaired) electrons. The van der Waals surface area contributed by atoms with Gasteiger partial charge in [0.15, 0.2) is 0 Å². The maximum atomic E-state index is 13.6. The SMILES string of the molecule is Fc1ccc(Nc2cc(NCCc3ccccc3F)ncn2)cc1Cl. The number of anilines is 3. The maximum Gasteiger partial charge on any atom is 0.141 e. The highest BCUT2D eigenvalue weighted by Gasteiger charge is 2.04. The van der Waals surface area contributed by atoms with Crippen LogP contribution in [0.5, 0.6) is 0 Å². The molecular weight excluding hydrogens is 346 g/mol. The van der Waals surface area contributed by atoms with Crippen LogP contribution in [0.15, 0.2) is 54.9 Å². The first-order chi connectivity index (χ1) is 12.1. The molecule has 1 heterocycles. The van der Waals surface area contributed by atoms with E-state index in [1.54, 1.807) is 30.3 Å². The fraction of sp³-hybridized carbons (Fsp3) is 0.111. The van der Waals surface area contributed by atoms with E-state index in [1.807, 2.05) is 0 Å². The smallest absolute Gasteiger partial charge is 0.141 e. The first-order valence-corrected chi connectivity index (χ1v) is 8.01. The molecule has 2 N–H and O–H groups in total. The van der Waals surface area contributed by atoms with Gasteiger partial charge in [0, 0.05) is 18.3 Å². The van der Waals surface area contributed by atoms with Gasteiger partial charge in [0.05, 0.1) is 5.02 Å². The van der Waals surface area contributed by atoms with Crippen LogP contribution in [-0.2, 0) is 6.42 Å². The van der Waals surface area contributed by atoms with Crippen LogP contribution < -0.4 is 10.6 Å². The molecule has 0 fully saturated rings. The van der Waals surface area contributed by atoms with E-state index in [2.05, 4.69) is 20.6 Å². The number of hydrogen-bond acceptors (Lipinski definition) is 4. The fourth-order valence-electron chi connectivity index (χ4n) is 2.27. The molecule has 0 spiro atoms. The molecule has 0 bridgehead atoms. The summed E-state index contributed by atoms with van der Waals surface area (Å²) in [5, 5.41) is 6.18. The number of benzene rings is 2. The van der Waals surface area contributed by atoms with E-state index in [-0.39, 0.29) is 10.8 Å². The first-order valence-electron chi connectivity index (χ1n) is 7.63. The predicted molar refractivity (Wildman–Crippen MR) is 95.3 cm³/mol. The summed E-state index contributed by atoms with van der Waals surface area (Å²) in [6.07, 6.45) is 1.94. The van der Waals surface area contributed by atoms with Crippen LogP contribution in [0.1, 0.15) is 5.56 Å². The molecular formula is C18H15ClF2N4. The Morgan fingerprint density at radius 3 is 2.52 bits per heavy atom. The average molecular weight is 361 g/mol. The summed E-state index contributed by atoms with van der Waals surface area (Å²) in [5.74, 6) is 0.432. The third-order valence-corrected chi connectivity index (χ3v) is 3.81. The molecule has 0 atom stereocenters. The van der Waals surface area contributed by atoms with Crippen LogP contribution >= 0.6 is 11.6 Å². The lowest BCUT2D eigenvalue weighted by Crippen LogP contribution is -2.08. The minimum absolute atomic E-state index is 0.0299. The predicted octanol–water partition coefficient (Wildman–Crippen LogP) is 4.81. The van der Waals surface area contributed by atoms with Crippen molar-refractivity contribution in [2.75, 3.05) is 17.2 Å². The van der Waals surface area contributed by atoms with Crippen LogP contribution in [0.25, 0.3) is 0 Å². The summed E-state index contributed by atoms with van der Waals surface area (Å²) in [6.45, 7) is 0.528. The third-order valence-electron chi connectivity index (χ3n) is 3.52. The molecule has 0 aliphatic rings. The van der Waals surface area contributed by atoms with Crippen molar-refractivity contribution in [2.24, 2.45) is 0 Å². The van der Waals surface area contributed by atoms with E-state index in [0.717, 1.165) is 0 Å². The first kappa shape index (κ1) is 17.1. The number of hydrogen-bond donors (Lipinski definition) is 2. The topological polar surface area (TPSA) is 49.8 Å². The molecule has 0 aliphatic heterocycles. The van der Waals surface area contributed by atoms with E-state index < -0.39 is 5.82 Å². The second-order valence-electron chi connectivity index (χ2n) is 5.31. The van der Waals surface area contributed by atoms with E-state index in [4.69, 9.17) is 11.6 Å². The normalized spacial score (nSPS) is 10.5. The van der Waals surface area contributed by atoms with Crippen molar-refractivity contribution in [3.8, 4) is 0 Å². The van der Waals surface area contributed by atoms with Crippen LogP contribution in [0.3, 0.4) is 0 Å². The summed E-state index contributed by atoms with van der Waals surface area (Å²) in [4.78, 5) is 8.23. The lowest BCUT2D eigenvalue weighted by molar-refractivity contribution is 0.610. The summed E-state index contributed by atoms with van der Waals surface area (Å²) in [6, 6.07) is 12.7. The highest BCUT2D eigenvalue weighted by molar-refractivity contribution is 6.31. The van der Waals surface area contributed by atoms with Gasteiger partial charge in [0.1, 0.15) is 29.6 Å². The second kappa shape index (κ2) is 7.90. The number of halogens is 3. The fourth-order valence-corrected chi connectivity index (χ4v) is 2.45. The van der Waals surface area contributed by atoms with Gasteiger partial charge in [0.2, 0.25) is 0 Å². The van der Waals surface area contributed by atoms with Gasteiger partial charge < -0.3 is 10.6 Å². The molecule has 128 valence electrons. The molecule has 0 saturated carbocycles. The molecule has 3 rings (SSSR count).